The van der Waals surface area contributed by atoms with Crippen LogP contribution < -0.4 is 0 Å². The molecule has 0 spiro atoms. The molecular weight excluding hydrogens is 305 g/mol. The summed E-state index contributed by atoms with van der Waals surface area (Å²) in [4.78, 5) is 24.1. The van der Waals surface area contributed by atoms with Crippen molar-refractivity contribution in [3.05, 3.63) is 48.0 Å². The molecule has 1 aliphatic rings. The summed E-state index contributed by atoms with van der Waals surface area (Å²) in [5.74, 6) is -0.494. The molecule has 0 bridgehead atoms. The number of halogens is 1. The lowest BCUT2D eigenvalue weighted by Gasteiger charge is -2.20. The summed E-state index contributed by atoms with van der Waals surface area (Å²) in [5, 5.41) is 0. The number of imide groups is 1. The van der Waals surface area contributed by atoms with Gasteiger partial charge in [-0.05, 0) is 5.56 Å². The second-order valence-electron chi connectivity index (χ2n) is 3.13. The van der Waals surface area contributed by atoms with Crippen LogP contribution in [0, 0.1) is 0 Å². The molecule has 0 N–H and O–H groups in total. The normalized spacial score (nSPS) is 17.3. The fourth-order valence-corrected chi connectivity index (χ4v) is 2.36. The molecule has 1 aromatic rings. The SMILES string of the molecule is O=C1C=CC(=O)N1C(I)c1ccccc1. The molecule has 1 aliphatic heterocycles. The average Bonchev–Trinajstić information content (AvgIpc) is 2.59. The van der Waals surface area contributed by atoms with Gasteiger partial charge in [-0.1, -0.05) is 52.9 Å². The van der Waals surface area contributed by atoms with Gasteiger partial charge >= 0.3 is 0 Å². The minimum atomic E-state index is -0.247. The lowest BCUT2D eigenvalue weighted by atomic mass is 10.2. The van der Waals surface area contributed by atoms with Crippen molar-refractivity contribution in [1.82, 2.24) is 4.90 Å². The lowest BCUT2D eigenvalue weighted by molar-refractivity contribution is -0.137. The summed E-state index contributed by atoms with van der Waals surface area (Å²) in [6, 6.07) is 9.48. The predicted octanol–water partition coefficient (Wildman–Crippen LogP) is 2.05. The standard InChI is InChI=1S/C11H8INO2/c12-11(8-4-2-1-3-5-8)13-9(14)6-7-10(13)15/h1-7,11H. The molecule has 0 radical (unpaired) electrons. The number of alkyl halides is 1. The highest BCUT2D eigenvalue weighted by Gasteiger charge is 2.30. The van der Waals surface area contributed by atoms with Crippen LogP contribution in [0.4, 0.5) is 0 Å². The van der Waals surface area contributed by atoms with Gasteiger partial charge < -0.3 is 0 Å². The lowest BCUT2D eigenvalue weighted by Crippen LogP contribution is -2.31. The van der Waals surface area contributed by atoms with Gasteiger partial charge in [0.15, 0.2) is 0 Å². The van der Waals surface area contributed by atoms with Crippen LogP contribution in [-0.2, 0) is 9.59 Å². The van der Waals surface area contributed by atoms with Crippen molar-refractivity contribution in [1.29, 1.82) is 0 Å². The molecule has 2 rings (SSSR count). The molecule has 0 fully saturated rings. The van der Waals surface area contributed by atoms with Gasteiger partial charge in [-0.25, -0.2) is 0 Å². The molecular formula is C11H8INO2. The third-order valence-electron chi connectivity index (χ3n) is 2.14. The molecule has 1 unspecified atom stereocenters. The van der Waals surface area contributed by atoms with Crippen LogP contribution >= 0.6 is 22.6 Å². The zero-order chi connectivity index (χ0) is 10.8. The summed E-state index contributed by atoms with van der Waals surface area (Å²) >= 11 is 2.08. The number of nitrogens with zero attached hydrogens (tertiary/aromatic N) is 1. The largest absolute Gasteiger partial charge is 0.269 e. The van der Waals surface area contributed by atoms with Gasteiger partial charge in [0.1, 0.15) is 4.05 Å². The van der Waals surface area contributed by atoms with Crippen molar-refractivity contribution >= 4 is 34.4 Å². The van der Waals surface area contributed by atoms with E-state index in [0.29, 0.717) is 0 Å². The third kappa shape index (κ3) is 1.94. The van der Waals surface area contributed by atoms with Crippen LogP contribution in [0.2, 0.25) is 0 Å². The molecule has 76 valence electrons. The first-order valence-electron chi connectivity index (χ1n) is 4.44. The summed E-state index contributed by atoms with van der Waals surface area (Å²) < 4.78 is -0.237. The van der Waals surface area contributed by atoms with Crippen LogP contribution in [0.5, 0.6) is 0 Å². The molecule has 15 heavy (non-hydrogen) atoms. The Morgan fingerprint density at radius 3 is 2.07 bits per heavy atom. The van der Waals surface area contributed by atoms with Crippen molar-refractivity contribution in [2.75, 3.05) is 0 Å². The quantitative estimate of drug-likeness (QED) is 0.363. The second-order valence-corrected chi connectivity index (χ2v) is 4.31. The van der Waals surface area contributed by atoms with Gasteiger partial charge in [-0.3, -0.25) is 14.5 Å². The minimum Gasteiger partial charge on any atom is -0.269 e. The van der Waals surface area contributed by atoms with Crippen molar-refractivity contribution < 1.29 is 9.59 Å². The van der Waals surface area contributed by atoms with Crippen LogP contribution in [-0.4, -0.2) is 16.7 Å². The fourth-order valence-electron chi connectivity index (χ4n) is 1.40. The number of carbonyl (C=O) groups is 2. The molecule has 1 aromatic carbocycles. The van der Waals surface area contributed by atoms with Gasteiger partial charge in [0.2, 0.25) is 0 Å². The van der Waals surface area contributed by atoms with E-state index in [9.17, 15) is 9.59 Å². The van der Waals surface area contributed by atoms with Crippen molar-refractivity contribution in [2.45, 2.75) is 4.05 Å². The number of carbonyl (C=O) groups excluding carboxylic acids is 2. The maximum Gasteiger partial charge on any atom is 0.254 e. The predicted molar refractivity (Wildman–Crippen MR) is 64.2 cm³/mol. The Bertz CT molecular complexity index is 409. The van der Waals surface area contributed by atoms with Gasteiger partial charge in [-0.15, -0.1) is 0 Å². The Morgan fingerprint density at radius 1 is 1.00 bits per heavy atom. The van der Waals surface area contributed by atoms with Crippen molar-refractivity contribution in [2.24, 2.45) is 0 Å². The van der Waals surface area contributed by atoms with Crippen LogP contribution in [0.15, 0.2) is 42.5 Å². The summed E-state index contributed by atoms with van der Waals surface area (Å²) in [6.45, 7) is 0. The average molecular weight is 313 g/mol. The topological polar surface area (TPSA) is 37.4 Å². The van der Waals surface area contributed by atoms with E-state index in [1.54, 1.807) is 0 Å². The molecule has 2 amide bonds. The smallest absolute Gasteiger partial charge is 0.254 e. The number of amides is 2. The fraction of sp³-hybridized carbons (Fsp3) is 0.0909. The number of hydrogen-bond acceptors (Lipinski definition) is 2. The van der Waals surface area contributed by atoms with Crippen LogP contribution in [0.1, 0.15) is 9.61 Å². The number of hydrogen-bond donors (Lipinski definition) is 0. The Hall–Kier alpha value is -1.17. The Kier molecular flexibility index (Phi) is 2.86. The zero-order valence-electron chi connectivity index (χ0n) is 7.76. The summed E-state index contributed by atoms with van der Waals surface area (Å²) in [5.41, 5.74) is 0.948. The van der Waals surface area contributed by atoms with E-state index in [4.69, 9.17) is 0 Å². The second kappa shape index (κ2) is 4.14. The molecule has 0 saturated heterocycles. The first-order valence-corrected chi connectivity index (χ1v) is 5.69. The monoisotopic (exact) mass is 313 g/mol. The van der Waals surface area contributed by atoms with E-state index in [1.165, 1.54) is 17.1 Å². The van der Waals surface area contributed by atoms with E-state index in [1.807, 2.05) is 30.3 Å². The Morgan fingerprint density at radius 2 is 1.53 bits per heavy atom. The zero-order valence-corrected chi connectivity index (χ0v) is 9.92. The highest BCUT2D eigenvalue weighted by Crippen LogP contribution is 2.29. The highest BCUT2D eigenvalue weighted by atomic mass is 127. The van der Waals surface area contributed by atoms with E-state index in [0.717, 1.165) is 5.56 Å². The van der Waals surface area contributed by atoms with Gasteiger partial charge in [0, 0.05) is 12.2 Å². The van der Waals surface area contributed by atoms with Gasteiger partial charge in [0.05, 0.1) is 0 Å². The number of benzene rings is 1. The van der Waals surface area contributed by atoms with Gasteiger partial charge in [-0.2, -0.15) is 0 Å². The molecule has 0 aromatic heterocycles. The maximum absolute atomic E-state index is 11.4. The number of rotatable bonds is 2. The third-order valence-corrected chi connectivity index (χ3v) is 3.42. The van der Waals surface area contributed by atoms with Gasteiger partial charge in [0.25, 0.3) is 11.8 Å². The van der Waals surface area contributed by atoms with Crippen LogP contribution in [0.3, 0.4) is 0 Å². The Balaban J connectivity index is 2.26. The molecule has 0 aliphatic carbocycles. The van der Waals surface area contributed by atoms with E-state index < -0.39 is 0 Å². The summed E-state index contributed by atoms with van der Waals surface area (Å²) in [6.07, 6.45) is 2.61. The molecule has 1 atom stereocenters. The summed E-state index contributed by atoms with van der Waals surface area (Å²) in [7, 11) is 0. The highest BCUT2D eigenvalue weighted by molar-refractivity contribution is 14.1. The van der Waals surface area contributed by atoms with Crippen molar-refractivity contribution in [3.63, 3.8) is 0 Å². The Labute approximate surface area is 101 Å². The molecule has 1 heterocycles. The molecule has 0 saturated carbocycles. The molecule has 3 nitrogen and oxygen atoms in total. The van der Waals surface area contributed by atoms with E-state index in [-0.39, 0.29) is 15.9 Å². The van der Waals surface area contributed by atoms with E-state index >= 15 is 0 Å². The molecule has 4 heteroatoms. The maximum atomic E-state index is 11.4. The van der Waals surface area contributed by atoms with Crippen molar-refractivity contribution in [3.8, 4) is 0 Å². The van der Waals surface area contributed by atoms with E-state index in [2.05, 4.69) is 22.6 Å². The first kappa shape index (κ1) is 10.4. The first-order chi connectivity index (χ1) is 7.20. The minimum absolute atomic E-state index is 0.237. The van der Waals surface area contributed by atoms with Crippen LogP contribution in [0.25, 0.3) is 0 Å².